The Morgan fingerprint density at radius 2 is 2.60 bits per heavy atom. The minimum absolute atomic E-state index is 0.316. The zero-order valence-electron chi connectivity index (χ0n) is 5.68. The quantitative estimate of drug-likeness (QED) is 0.525. The van der Waals surface area contributed by atoms with Crippen molar-refractivity contribution in [3.63, 3.8) is 0 Å². The molecule has 1 aromatic rings. The van der Waals surface area contributed by atoms with Gasteiger partial charge in [0, 0.05) is 6.42 Å². The lowest BCUT2D eigenvalue weighted by Gasteiger charge is -1.88. The van der Waals surface area contributed by atoms with Crippen molar-refractivity contribution in [3.8, 4) is 0 Å². The van der Waals surface area contributed by atoms with Crippen molar-refractivity contribution >= 4 is 12.2 Å². The summed E-state index contributed by atoms with van der Waals surface area (Å²) in [5, 5.41) is 3.66. The smallest absolute Gasteiger partial charge is 0.294 e. The molecule has 0 bridgehead atoms. The highest BCUT2D eigenvalue weighted by Crippen LogP contribution is 1.99. The molecule has 0 aliphatic rings. The first-order chi connectivity index (χ1) is 4.68. The topological polar surface area (TPSA) is 41.8 Å². The van der Waals surface area contributed by atoms with Crippen LogP contribution in [0.1, 0.15) is 12.7 Å². The number of aromatic amines is 1. The third-order valence-electron chi connectivity index (χ3n) is 0.954. The summed E-state index contributed by atoms with van der Waals surface area (Å²) in [6, 6.07) is 0. The lowest BCUT2D eigenvalue weighted by molar-refractivity contribution is 0.399. The molecule has 0 aliphatic heterocycles. The second-order valence-electron chi connectivity index (χ2n) is 2.18. The van der Waals surface area contributed by atoms with Crippen LogP contribution in [0.25, 0.3) is 0 Å². The Balaban J connectivity index is 2.76. The van der Waals surface area contributed by atoms with Gasteiger partial charge in [0.05, 0.1) is 0 Å². The van der Waals surface area contributed by atoms with Crippen molar-refractivity contribution in [1.29, 1.82) is 0 Å². The number of nitrogens with one attached hydrogen (secondary N) is 1. The van der Waals surface area contributed by atoms with Crippen LogP contribution in [-0.4, -0.2) is 10.1 Å². The Morgan fingerprint density at radius 3 is 3.00 bits per heavy atom. The second-order valence-corrected chi connectivity index (χ2v) is 2.55. The summed E-state index contributed by atoms with van der Waals surface area (Å²) in [5.41, 5.74) is 1.03. The molecule has 1 rings (SSSR count). The predicted octanol–water partition coefficient (Wildman–Crippen LogP) is 1.85. The summed E-state index contributed by atoms with van der Waals surface area (Å²) in [7, 11) is 0. The molecule has 3 nitrogen and oxygen atoms in total. The van der Waals surface area contributed by atoms with E-state index in [1.54, 1.807) is 0 Å². The van der Waals surface area contributed by atoms with Crippen LogP contribution >= 0.6 is 12.2 Å². The zero-order valence-corrected chi connectivity index (χ0v) is 6.49. The minimum atomic E-state index is 0.316. The molecule has 0 atom stereocenters. The summed E-state index contributed by atoms with van der Waals surface area (Å²) in [6.45, 7) is 5.65. The summed E-state index contributed by atoms with van der Waals surface area (Å²) < 4.78 is 4.63. The van der Waals surface area contributed by atoms with Crippen molar-refractivity contribution in [2.24, 2.45) is 0 Å². The third kappa shape index (κ3) is 1.80. The molecule has 0 saturated carbocycles. The van der Waals surface area contributed by atoms with Crippen molar-refractivity contribution in [1.82, 2.24) is 10.1 Å². The second kappa shape index (κ2) is 2.79. The molecule has 0 fully saturated rings. The van der Waals surface area contributed by atoms with Gasteiger partial charge in [-0.05, 0) is 19.1 Å². The van der Waals surface area contributed by atoms with E-state index in [4.69, 9.17) is 0 Å². The minimum Gasteiger partial charge on any atom is -0.324 e. The van der Waals surface area contributed by atoms with Gasteiger partial charge in [-0.1, -0.05) is 17.3 Å². The molecular weight excluding hydrogens is 148 g/mol. The van der Waals surface area contributed by atoms with Crippen molar-refractivity contribution < 1.29 is 4.52 Å². The van der Waals surface area contributed by atoms with E-state index in [1.807, 2.05) is 6.92 Å². The van der Waals surface area contributed by atoms with E-state index in [1.165, 1.54) is 0 Å². The lowest BCUT2D eigenvalue weighted by atomic mass is 10.2. The van der Waals surface area contributed by atoms with E-state index in [-0.39, 0.29) is 0 Å². The van der Waals surface area contributed by atoms with E-state index < -0.39 is 0 Å². The molecule has 54 valence electrons. The van der Waals surface area contributed by atoms with Crippen LogP contribution in [0, 0.1) is 4.84 Å². The lowest BCUT2D eigenvalue weighted by Crippen LogP contribution is -1.86. The molecule has 10 heavy (non-hydrogen) atoms. The summed E-state index contributed by atoms with van der Waals surface area (Å²) >= 11 is 4.67. The van der Waals surface area contributed by atoms with Crippen LogP contribution in [0.5, 0.6) is 0 Å². The van der Waals surface area contributed by atoms with E-state index >= 15 is 0 Å². The molecule has 0 saturated heterocycles. The summed E-state index contributed by atoms with van der Waals surface area (Å²) in [4.78, 5) is 3.10. The highest BCUT2D eigenvalue weighted by atomic mass is 32.1. The van der Waals surface area contributed by atoms with Crippen molar-refractivity contribution in [2.75, 3.05) is 0 Å². The highest BCUT2D eigenvalue weighted by molar-refractivity contribution is 7.71. The number of H-pyrrole nitrogens is 1. The number of rotatable bonds is 2. The molecule has 1 aromatic heterocycles. The molecule has 0 amide bonds. The van der Waals surface area contributed by atoms with Gasteiger partial charge >= 0.3 is 0 Å². The zero-order chi connectivity index (χ0) is 7.56. The fraction of sp³-hybridized carbons (Fsp3) is 0.333. The number of nitrogens with zero attached hydrogens (tertiary/aromatic N) is 1. The highest BCUT2D eigenvalue weighted by Gasteiger charge is 1.96. The van der Waals surface area contributed by atoms with Crippen molar-refractivity contribution in [3.05, 3.63) is 22.8 Å². The van der Waals surface area contributed by atoms with Gasteiger partial charge in [0.15, 0.2) is 5.82 Å². The number of allylic oxidation sites excluding steroid dienone is 1. The van der Waals surface area contributed by atoms with Gasteiger partial charge in [-0.3, -0.25) is 4.98 Å². The maximum absolute atomic E-state index is 4.67. The van der Waals surface area contributed by atoms with E-state index in [2.05, 4.69) is 33.5 Å². The molecule has 0 spiro atoms. The van der Waals surface area contributed by atoms with Crippen LogP contribution in [0.3, 0.4) is 0 Å². The van der Waals surface area contributed by atoms with Gasteiger partial charge in [-0.2, -0.15) is 0 Å². The molecule has 1 N–H and O–H groups in total. The van der Waals surface area contributed by atoms with Crippen LogP contribution in [0.4, 0.5) is 0 Å². The Morgan fingerprint density at radius 1 is 1.90 bits per heavy atom. The molecule has 0 radical (unpaired) electrons. The number of hydrogen-bond acceptors (Lipinski definition) is 3. The maximum Gasteiger partial charge on any atom is 0.294 e. The summed E-state index contributed by atoms with van der Waals surface area (Å²) in [5.74, 6) is 0.734. The Hall–Kier alpha value is -0.900. The number of hydrogen-bond donors (Lipinski definition) is 1. The van der Waals surface area contributed by atoms with Gasteiger partial charge in [0.25, 0.3) is 4.84 Å². The van der Waals surface area contributed by atoms with E-state index in [0.29, 0.717) is 11.3 Å². The largest absolute Gasteiger partial charge is 0.324 e. The van der Waals surface area contributed by atoms with Crippen molar-refractivity contribution in [2.45, 2.75) is 13.3 Å². The van der Waals surface area contributed by atoms with Gasteiger partial charge < -0.3 is 4.52 Å². The van der Waals surface area contributed by atoms with E-state index in [0.717, 1.165) is 11.4 Å². The maximum atomic E-state index is 4.67. The molecule has 0 aromatic carbocycles. The average molecular weight is 156 g/mol. The third-order valence-corrected chi connectivity index (χ3v) is 1.13. The molecule has 0 unspecified atom stereocenters. The monoisotopic (exact) mass is 156 g/mol. The first-order valence-corrected chi connectivity index (χ1v) is 3.28. The molecular formula is C6H8N2OS. The molecule has 0 aliphatic carbocycles. The van der Waals surface area contributed by atoms with Gasteiger partial charge in [-0.15, -0.1) is 0 Å². The normalized spacial score (nSPS) is 9.70. The van der Waals surface area contributed by atoms with Gasteiger partial charge in [0.2, 0.25) is 0 Å². The SMILES string of the molecule is C=C(C)Cc1noc(=S)[nH]1. The fourth-order valence-electron chi connectivity index (χ4n) is 0.622. The summed E-state index contributed by atoms with van der Waals surface area (Å²) in [6.07, 6.45) is 0.695. The Kier molecular flexibility index (Phi) is 2.01. The average Bonchev–Trinajstić information content (AvgIpc) is 2.13. The fourth-order valence-corrected chi connectivity index (χ4v) is 0.777. The van der Waals surface area contributed by atoms with Crippen LogP contribution < -0.4 is 0 Å². The van der Waals surface area contributed by atoms with Crippen LogP contribution in [-0.2, 0) is 6.42 Å². The van der Waals surface area contributed by atoms with Crippen LogP contribution in [0.15, 0.2) is 16.7 Å². The van der Waals surface area contributed by atoms with Gasteiger partial charge in [0.1, 0.15) is 0 Å². The number of aromatic nitrogens is 2. The molecule has 1 heterocycles. The van der Waals surface area contributed by atoms with Gasteiger partial charge in [-0.25, -0.2) is 0 Å². The Labute approximate surface area is 63.7 Å². The van der Waals surface area contributed by atoms with E-state index in [9.17, 15) is 0 Å². The standard InChI is InChI=1S/C6H8N2OS/c1-4(2)3-5-7-6(10)9-8-5/h1,3H2,2H3,(H,7,8,10). The Bertz CT molecular complexity index is 286. The predicted molar refractivity (Wildman–Crippen MR) is 40.2 cm³/mol. The first-order valence-electron chi connectivity index (χ1n) is 2.88. The molecule has 4 heteroatoms. The van der Waals surface area contributed by atoms with Crippen LogP contribution in [0.2, 0.25) is 0 Å². The first kappa shape index (κ1) is 7.21.